The molecule has 0 atom stereocenters. The standard InChI is InChI=1S/C19H20FNO3/c1-4-21(5-2)19(23)16-11-8-14(20)12-17(16)18(22)13-6-9-15(24-3)10-7-13/h6-12H,4-5H2,1-3H3. The second-order valence-electron chi connectivity index (χ2n) is 5.22. The number of amides is 1. The average Bonchev–Trinajstić information content (AvgIpc) is 2.62. The molecule has 2 rings (SSSR count). The zero-order chi connectivity index (χ0) is 17.7. The molecule has 2 aromatic rings. The van der Waals surface area contributed by atoms with Crippen molar-refractivity contribution in [3.05, 3.63) is 65.0 Å². The Morgan fingerprint density at radius 1 is 1.00 bits per heavy atom. The van der Waals surface area contributed by atoms with Crippen LogP contribution >= 0.6 is 0 Å². The molecule has 0 aliphatic heterocycles. The number of halogens is 1. The van der Waals surface area contributed by atoms with Gasteiger partial charge in [0.15, 0.2) is 5.78 Å². The number of hydrogen-bond donors (Lipinski definition) is 0. The summed E-state index contributed by atoms with van der Waals surface area (Å²) < 4.78 is 18.7. The van der Waals surface area contributed by atoms with Gasteiger partial charge in [0, 0.05) is 24.2 Å². The number of rotatable bonds is 6. The van der Waals surface area contributed by atoms with E-state index < -0.39 is 11.6 Å². The van der Waals surface area contributed by atoms with Crippen LogP contribution in [0.1, 0.15) is 40.1 Å². The minimum atomic E-state index is -0.553. The fraction of sp³-hybridized carbons (Fsp3) is 0.263. The number of carbonyl (C=O) groups is 2. The molecule has 0 fully saturated rings. The first-order chi connectivity index (χ1) is 11.5. The Labute approximate surface area is 140 Å². The minimum Gasteiger partial charge on any atom is -0.497 e. The maximum atomic E-state index is 13.7. The van der Waals surface area contributed by atoms with E-state index in [-0.39, 0.29) is 17.0 Å². The Kier molecular flexibility index (Phi) is 5.68. The number of ketones is 1. The van der Waals surface area contributed by atoms with Crippen molar-refractivity contribution in [3.8, 4) is 5.75 Å². The number of ether oxygens (including phenoxy) is 1. The molecular weight excluding hydrogens is 309 g/mol. The van der Waals surface area contributed by atoms with Gasteiger partial charge in [-0.25, -0.2) is 4.39 Å². The maximum absolute atomic E-state index is 13.7. The third-order valence-electron chi connectivity index (χ3n) is 3.86. The highest BCUT2D eigenvalue weighted by molar-refractivity contribution is 6.15. The molecule has 5 heteroatoms. The lowest BCUT2D eigenvalue weighted by Crippen LogP contribution is -2.31. The predicted octanol–water partition coefficient (Wildman–Crippen LogP) is 3.55. The van der Waals surface area contributed by atoms with Crippen molar-refractivity contribution in [1.29, 1.82) is 0 Å². The number of benzene rings is 2. The molecule has 1 amide bonds. The van der Waals surface area contributed by atoms with Gasteiger partial charge in [-0.1, -0.05) is 0 Å². The lowest BCUT2D eigenvalue weighted by atomic mass is 9.97. The van der Waals surface area contributed by atoms with E-state index in [1.807, 2.05) is 13.8 Å². The molecule has 0 aliphatic rings. The van der Waals surface area contributed by atoms with Crippen LogP contribution < -0.4 is 4.74 Å². The third kappa shape index (κ3) is 3.62. The molecule has 0 radical (unpaired) electrons. The SMILES string of the molecule is CCN(CC)C(=O)c1ccc(F)cc1C(=O)c1ccc(OC)cc1. The van der Waals surface area contributed by atoms with E-state index in [4.69, 9.17) is 4.74 Å². The van der Waals surface area contributed by atoms with Gasteiger partial charge in [-0.15, -0.1) is 0 Å². The molecule has 0 unspecified atom stereocenters. The van der Waals surface area contributed by atoms with Crippen molar-refractivity contribution in [1.82, 2.24) is 4.90 Å². The molecule has 0 saturated carbocycles. The molecule has 4 nitrogen and oxygen atoms in total. The van der Waals surface area contributed by atoms with Gasteiger partial charge in [-0.2, -0.15) is 0 Å². The van der Waals surface area contributed by atoms with E-state index in [1.165, 1.54) is 19.2 Å². The van der Waals surface area contributed by atoms with Crippen LogP contribution in [0.2, 0.25) is 0 Å². The summed E-state index contributed by atoms with van der Waals surface area (Å²) in [6.07, 6.45) is 0. The van der Waals surface area contributed by atoms with E-state index in [1.54, 1.807) is 29.2 Å². The fourth-order valence-corrected chi connectivity index (χ4v) is 2.47. The first-order valence-electron chi connectivity index (χ1n) is 7.79. The Bertz CT molecular complexity index is 737. The van der Waals surface area contributed by atoms with Gasteiger partial charge in [0.1, 0.15) is 11.6 Å². The third-order valence-corrected chi connectivity index (χ3v) is 3.86. The number of carbonyl (C=O) groups excluding carboxylic acids is 2. The van der Waals surface area contributed by atoms with Gasteiger partial charge in [0.05, 0.1) is 12.7 Å². The van der Waals surface area contributed by atoms with Crippen molar-refractivity contribution in [2.24, 2.45) is 0 Å². The van der Waals surface area contributed by atoms with Crippen LogP contribution in [0.3, 0.4) is 0 Å². The zero-order valence-corrected chi connectivity index (χ0v) is 14.0. The van der Waals surface area contributed by atoms with Crippen LogP contribution in [0.5, 0.6) is 5.75 Å². The molecule has 0 aromatic heterocycles. The zero-order valence-electron chi connectivity index (χ0n) is 14.0. The molecule has 0 aliphatic carbocycles. The number of nitrogens with zero attached hydrogens (tertiary/aromatic N) is 1. The smallest absolute Gasteiger partial charge is 0.254 e. The van der Waals surface area contributed by atoms with Gasteiger partial charge < -0.3 is 9.64 Å². The molecular formula is C19H20FNO3. The summed E-state index contributed by atoms with van der Waals surface area (Å²) in [4.78, 5) is 26.9. The van der Waals surface area contributed by atoms with Crippen LogP contribution in [0.25, 0.3) is 0 Å². The Morgan fingerprint density at radius 3 is 2.17 bits per heavy atom. The van der Waals surface area contributed by atoms with Gasteiger partial charge >= 0.3 is 0 Å². The van der Waals surface area contributed by atoms with Gasteiger partial charge in [-0.05, 0) is 56.3 Å². The molecule has 2 aromatic carbocycles. The lowest BCUT2D eigenvalue weighted by Gasteiger charge is -2.20. The normalized spacial score (nSPS) is 10.3. The second kappa shape index (κ2) is 7.73. The quantitative estimate of drug-likeness (QED) is 0.762. The Morgan fingerprint density at radius 2 is 1.62 bits per heavy atom. The molecule has 0 heterocycles. The van der Waals surface area contributed by atoms with E-state index in [0.29, 0.717) is 24.4 Å². The highest BCUT2D eigenvalue weighted by Crippen LogP contribution is 2.20. The summed E-state index contributed by atoms with van der Waals surface area (Å²) in [5.41, 5.74) is 0.646. The molecule has 0 N–H and O–H groups in total. The molecule has 24 heavy (non-hydrogen) atoms. The van der Waals surface area contributed by atoms with Gasteiger partial charge in [0.25, 0.3) is 5.91 Å². The average molecular weight is 329 g/mol. The summed E-state index contributed by atoms with van der Waals surface area (Å²) in [6.45, 7) is 4.75. The summed E-state index contributed by atoms with van der Waals surface area (Å²) >= 11 is 0. The largest absolute Gasteiger partial charge is 0.497 e. The number of methoxy groups -OCH3 is 1. The van der Waals surface area contributed by atoms with Crippen LogP contribution in [-0.4, -0.2) is 36.8 Å². The van der Waals surface area contributed by atoms with Crippen LogP contribution in [-0.2, 0) is 0 Å². The maximum Gasteiger partial charge on any atom is 0.254 e. The molecule has 126 valence electrons. The van der Waals surface area contributed by atoms with Crippen molar-refractivity contribution >= 4 is 11.7 Å². The summed E-state index contributed by atoms with van der Waals surface area (Å²) in [5.74, 6) is -0.613. The van der Waals surface area contributed by atoms with Crippen molar-refractivity contribution < 1.29 is 18.7 Å². The molecule has 0 saturated heterocycles. The van der Waals surface area contributed by atoms with Gasteiger partial charge in [0.2, 0.25) is 0 Å². The Balaban J connectivity index is 2.46. The summed E-state index contributed by atoms with van der Waals surface area (Å²) in [5, 5.41) is 0. The second-order valence-corrected chi connectivity index (χ2v) is 5.22. The topological polar surface area (TPSA) is 46.6 Å². The minimum absolute atomic E-state index is 0.0667. The van der Waals surface area contributed by atoms with Crippen LogP contribution in [0.4, 0.5) is 4.39 Å². The van der Waals surface area contributed by atoms with Crippen molar-refractivity contribution in [2.75, 3.05) is 20.2 Å². The number of hydrogen-bond acceptors (Lipinski definition) is 3. The van der Waals surface area contributed by atoms with Crippen LogP contribution in [0.15, 0.2) is 42.5 Å². The fourth-order valence-electron chi connectivity index (χ4n) is 2.47. The van der Waals surface area contributed by atoms with E-state index in [2.05, 4.69) is 0 Å². The predicted molar refractivity (Wildman–Crippen MR) is 90.1 cm³/mol. The van der Waals surface area contributed by atoms with E-state index >= 15 is 0 Å². The van der Waals surface area contributed by atoms with Gasteiger partial charge in [-0.3, -0.25) is 9.59 Å². The van der Waals surface area contributed by atoms with E-state index in [0.717, 1.165) is 6.07 Å². The highest BCUT2D eigenvalue weighted by atomic mass is 19.1. The molecule has 0 bridgehead atoms. The van der Waals surface area contributed by atoms with Crippen molar-refractivity contribution in [2.45, 2.75) is 13.8 Å². The monoisotopic (exact) mass is 329 g/mol. The van der Waals surface area contributed by atoms with Crippen molar-refractivity contribution in [3.63, 3.8) is 0 Å². The summed E-state index contributed by atoms with van der Waals surface area (Å²) in [7, 11) is 1.53. The highest BCUT2D eigenvalue weighted by Gasteiger charge is 2.22. The first-order valence-corrected chi connectivity index (χ1v) is 7.79. The Hall–Kier alpha value is -2.69. The first kappa shape index (κ1) is 17.7. The summed E-state index contributed by atoms with van der Waals surface area (Å²) in [6, 6.07) is 10.2. The lowest BCUT2D eigenvalue weighted by molar-refractivity contribution is 0.0768. The van der Waals surface area contributed by atoms with E-state index in [9.17, 15) is 14.0 Å². The van der Waals surface area contributed by atoms with Crippen LogP contribution in [0, 0.1) is 5.82 Å². The molecule has 0 spiro atoms.